The first kappa shape index (κ1) is 28.9. The highest BCUT2D eigenvalue weighted by Crippen LogP contribution is 2.47. The summed E-state index contributed by atoms with van der Waals surface area (Å²) in [4.78, 5) is 0. The summed E-state index contributed by atoms with van der Waals surface area (Å²) in [7, 11) is 0. The highest BCUT2D eigenvalue weighted by atomic mass is 16.3. The SMILES string of the molecule is c1cc(-c2ccc3oc4ccccc4c3c2)cc(-c2c3ccccc3c(-c3ccccc3-c3ccc4oc5ccccc5c4c3)c3ccccc23)c1. The van der Waals surface area contributed by atoms with Crippen LogP contribution in [0, 0.1) is 0 Å². The van der Waals surface area contributed by atoms with Gasteiger partial charge in [-0.3, -0.25) is 0 Å². The molecule has 0 amide bonds. The second-order valence-electron chi connectivity index (χ2n) is 13.6. The van der Waals surface area contributed by atoms with Gasteiger partial charge in [-0.05, 0) is 109 Å². The van der Waals surface area contributed by atoms with Gasteiger partial charge in [-0.1, -0.05) is 140 Å². The third-order valence-electron chi connectivity index (χ3n) is 10.7. The molecule has 2 heterocycles. The first-order chi connectivity index (χ1) is 25.8. The average molecular weight is 663 g/mol. The lowest BCUT2D eigenvalue weighted by atomic mass is 9.83. The van der Waals surface area contributed by atoms with E-state index in [1.165, 1.54) is 66.1 Å². The van der Waals surface area contributed by atoms with E-state index in [4.69, 9.17) is 8.83 Å². The summed E-state index contributed by atoms with van der Waals surface area (Å²) in [6, 6.07) is 65.3. The van der Waals surface area contributed by atoms with Crippen molar-refractivity contribution in [3.8, 4) is 44.5 Å². The fourth-order valence-corrected chi connectivity index (χ4v) is 8.34. The molecular formula is C50H30O2. The minimum absolute atomic E-state index is 0.906. The van der Waals surface area contributed by atoms with E-state index in [-0.39, 0.29) is 0 Å². The van der Waals surface area contributed by atoms with Gasteiger partial charge in [-0.2, -0.15) is 0 Å². The summed E-state index contributed by atoms with van der Waals surface area (Å²) in [5.41, 5.74) is 13.2. The van der Waals surface area contributed by atoms with E-state index in [2.05, 4.69) is 158 Å². The van der Waals surface area contributed by atoms with Crippen LogP contribution in [0.3, 0.4) is 0 Å². The monoisotopic (exact) mass is 662 g/mol. The predicted molar refractivity (Wildman–Crippen MR) is 218 cm³/mol. The van der Waals surface area contributed by atoms with E-state index in [1.54, 1.807) is 0 Å². The standard InChI is InChI=1S/C50H30O2/c1-2-17-38(35(14-1)33-25-27-48-44(30-33)37-16-8-10-23-46(37)52-48)50-41-20-5-3-18-39(41)49(40-19-4-6-21-42(40)50)34-13-11-12-31(28-34)32-24-26-47-43(29-32)36-15-7-9-22-45(36)51-47/h1-30H. The molecule has 0 unspecified atom stereocenters. The number of benzene rings is 9. The zero-order valence-electron chi connectivity index (χ0n) is 28.1. The molecule has 0 saturated carbocycles. The van der Waals surface area contributed by atoms with Gasteiger partial charge in [0.15, 0.2) is 0 Å². The van der Waals surface area contributed by atoms with Crippen molar-refractivity contribution < 1.29 is 8.83 Å². The molecule has 0 spiro atoms. The van der Waals surface area contributed by atoms with Crippen molar-refractivity contribution in [1.29, 1.82) is 0 Å². The Morgan fingerprint density at radius 3 is 1.27 bits per heavy atom. The fourth-order valence-electron chi connectivity index (χ4n) is 8.34. The van der Waals surface area contributed by atoms with Crippen LogP contribution in [0.25, 0.3) is 110 Å². The van der Waals surface area contributed by atoms with Gasteiger partial charge in [0, 0.05) is 21.5 Å². The molecule has 2 heteroatoms. The van der Waals surface area contributed by atoms with Gasteiger partial charge in [-0.15, -0.1) is 0 Å². The first-order valence-electron chi connectivity index (χ1n) is 17.8. The van der Waals surface area contributed by atoms with Crippen LogP contribution in [-0.2, 0) is 0 Å². The van der Waals surface area contributed by atoms with Crippen LogP contribution >= 0.6 is 0 Å². The molecule has 9 aromatic carbocycles. The van der Waals surface area contributed by atoms with E-state index >= 15 is 0 Å². The zero-order valence-corrected chi connectivity index (χ0v) is 28.1. The van der Waals surface area contributed by atoms with Crippen molar-refractivity contribution in [3.05, 3.63) is 182 Å². The lowest BCUT2D eigenvalue weighted by molar-refractivity contribution is 0.668. The van der Waals surface area contributed by atoms with Crippen LogP contribution < -0.4 is 0 Å². The molecule has 0 bridgehead atoms. The number of hydrogen-bond donors (Lipinski definition) is 0. The summed E-state index contributed by atoms with van der Waals surface area (Å²) >= 11 is 0. The summed E-state index contributed by atoms with van der Waals surface area (Å²) in [6.07, 6.45) is 0. The Hall–Kier alpha value is -6.90. The molecule has 0 N–H and O–H groups in total. The fraction of sp³-hybridized carbons (Fsp3) is 0. The molecule has 2 nitrogen and oxygen atoms in total. The third-order valence-corrected chi connectivity index (χ3v) is 10.7. The molecule has 0 fully saturated rings. The maximum atomic E-state index is 6.19. The van der Waals surface area contributed by atoms with Gasteiger partial charge in [0.2, 0.25) is 0 Å². The minimum atomic E-state index is 0.906. The predicted octanol–water partition coefficient (Wildman–Crippen LogP) is 14.5. The Balaban J connectivity index is 1.12. The van der Waals surface area contributed by atoms with Crippen LogP contribution in [0.15, 0.2) is 191 Å². The van der Waals surface area contributed by atoms with E-state index < -0.39 is 0 Å². The van der Waals surface area contributed by atoms with Gasteiger partial charge in [0.05, 0.1) is 0 Å². The molecule has 0 aliphatic rings. The quantitative estimate of drug-likeness (QED) is 0.175. The van der Waals surface area contributed by atoms with E-state index in [1.807, 2.05) is 24.3 Å². The summed E-state index contributed by atoms with van der Waals surface area (Å²) in [6.45, 7) is 0. The van der Waals surface area contributed by atoms with Gasteiger partial charge < -0.3 is 8.83 Å². The molecule has 11 aromatic rings. The van der Waals surface area contributed by atoms with Crippen molar-refractivity contribution in [2.24, 2.45) is 0 Å². The lowest BCUT2D eigenvalue weighted by Crippen LogP contribution is -1.93. The Labute approximate surface area is 299 Å². The van der Waals surface area contributed by atoms with Crippen LogP contribution in [0.5, 0.6) is 0 Å². The summed E-state index contributed by atoms with van der Waals surface area (Å²) in [5.74, 6) is 0. The van der Waals surface area contributed by atoms with Crippen LogP contribution in [0.4, 0.5) is 0 Å². The summed E-state index contributed by atoms with van der Waals surface area (Å²) in [5, 5.41) is 9.47. The molecule has 52 heavy (non-hydrogen) atoms. The van der Waals surface area contributed by atoms with Gasteiger partial charge in [-0.25, -0.2) is 0 Å². The van der Waals surface area contributed by atoms with Crippen molar-refractivity contribution in [1.82, 2.24) is 0 Å². The maximum Gasteiger partial charge on any atom is 0.135 e. The minimum Gasteiger partial charge on any atom is -0.456 e. The van der Waals surface area contributed by atoms with E-state index in [9.17, 15) is 0 Å². The Morgan fingerprint density at radius 2 is 0.654 bits per heavy atom. The van der Waals surface area contributed by atoms with Crippen molar-refractivity contribution in [2.45, 2.75) is 0 Å². The van der Waals surface area contributed by atoms with Gasteiger partial charge in [0.25, 0.3) is 0 Å². The Kier molecular flexibility index (Phi) is 6.28. The van der Waals surface area contributed by atoms with Crippen LogP contribution in [0.1, 0.15) is 0 Å². The summed E-state index contributed by atoms with van der Waals surface area (Å²) < 4.78 is 12.3. The molecule has 242 valence electrons. The number of fused-ring (bicyclic) bond motifs is 8. The maximum absolute atomic E-state index is 6.19. The molecule has 2 aromatic heterocycles. The molecule has 0 radical (unpaired) electrons. The molecule has 0 saturated heterocycles. The molecule has 0 aliphatic heterocycles. The Bertz CT molecular complexity index is 3140. The highest BCUT2D eigenvalue weighted by molar-refractivity contribution is 6.22. The normalized spacial score (nSPS) is 11.8. The zero-order chi connectivity index (χ0) is 34.2. The van der Waals surface area contributed by atoms with E-state index in [0.29, 0.717) is 0 Å². The molecule has 0 atom stereocenters. The van der Waals surface area contributed by atoms with Crippen molar-refractivity contribution in [2.75, 3.05) is 0 Å². The topological polar surface area (TPSA) is 26.3 Å². The second kappa shape index (κ2) is 11.3. The second-order valence-corrected chi connectivity index (χ2v) is 13.6. The third kappa shape index (κ3) is 4.38. The molecular weight excluding hydrogens is 633 g/mol. The van der Waals surface area contributed by atoms with Crippen molar-refractivity contribution >= 4 is 65.4 Å². The van der Waals surface area contributed by atoms with Crippen LogP contribution in [0.2, 0.25) is 0 Å². The number of rotatable bonds is 4. The smallest absolute Gasteiger partial charge is 0.135 e. The average Bonchev–Trinajstić information content (AvgIpc) is 3.77. The largest absolute Gasteiger partial charge is 0.456 e. The van der Waals surface area contributed by atoms with Gasteiger partial charge in [0.1, 0.15) is 22.3 Å². The number of furan rings is 2. The van der Waals surface area contributed by atoms with Gasteiger partial charge >= 0.3 is 0 Å². The number of hydrogen-bond acceptors (Lipinski definition) is 2. The molecule has 0 aliphatic carbocycles. The van der Waals surface area contributed by atoms with E-state index in [0.717, 1.165) is 43.9 Å². The van der Waals surface area contributed by atoms with Crippen LogP contribution in [-0.4, -0.2) is 0 Å². The highest BCUT2D eigenvalue weighted by Gasteiger charge is 2.20. The Morgan fingerprint density at radius 1 is 0.231 bits per heavy atom. The first-order valence-corrected chi connectivity index (χ1v) is 17.8. The molecule has 11 rings (SSSR count). The lowest BCUT2D eigenvalue weighted by Gasteiger charge is -2.20. The van der Waals surface area contributed by atoms with Crippen molar-refractivity contribution in [3.63, 3.8) is 0 Å². The number of para-hydroxylation sites is 2.